The summed E-state index contributed by atoms with van der Waals surface area (Å²) in [5.74, 6) is 2.68. The molecule has 0 rings (SSSR count). The molecule has 0 aliphatic heterocycles. The summed E-state index contributed by atoms with van der Waals surface area (Å²) < 4.78 is 0. The van der Waals surface area contributed by atoms with E-state index in [2.05, 4.69) is 38.5 Å². The van der Waals surface area contributed by atoms with Gasteiger partial charge in [-0.05, 0) is 18.4 Å². The SMILES string of the molecule is C#CCN(CCC)CC(N)C(C)(C)C. The van der Waals surface area contributed by atoms with Gasteiger partial charge in [-0.15, -0.1) is 6.42 Å². The van der Waals surface area contributed by atoms with E-state index in [4.69, 9.17) is 12.2 Å². The molecule has 14 heavy (non-hydrogen) atoms. The van der Waals surface area contributed by atoms with Gasteiger partial charge in [0, 0.05) is 12.6 Å². The summed E-state index contributed by atoms with van der Waals surface area (Å²) in [5, 5.41) is 0. The minimum absolute atomic E-state index is 0.153. The lowest BCUT2D eigenvalue weighted by Crippen LogP contribution is -2.45. The second-order valence-corrected chi connectivity index (χ2v) is 4.91. The second kappa shape index (κ2) is 6.06. The Morgan fingerprint density at radius 3 is 2.36 bits per heavy atom. The number of hydrogen-bond acceptors (Lipinski definition) is 2. The molecule has 0 saturated carbocycles. The number of hydrogen-bond donors (Lipinski definition) is 1. The Hall–Kier alpha value is -0.520. The van der Waals surface area contributed by atoms with E-state index in [1.807, 2.05) is 0 Å². The summed E-state index contributed by atoms with van der Waals surface area (Å²) in [6.07, 6.45) is 6.44. The molecule has 1 atom stereocenters. The highest BCUT2D eigenvalue weighted by molar-refractivity contribution is 4.90. The molecule has 0 bridgehead atoms. The molecule has 0 aliphatic rings. The van der Waals surface area contributed by atoms with Gasteiger partial charge in [0.25, 0.3) is 0 Å². The molecule has 1 unspecified atom stereocenters. The van der Waals surface area contributed by atoms with Crippen LogP contribution < -0.4 is 5.73 Å². The van der Waals surface area contributed by atoms with Crippen LogP contribution in [0.4, 0.5) is 0 Å². The largest absolute Gasteiger partial charge is 0.326 e. The minimum Gasteiger partial charge on any atom is -0.326 e. The van der Waals surface area contributed by atoms with Gasteiger partial charge in [-0.25, -0.2) is 0 Å². The van der Waals surface area contributed by atoms with E-state index < -0.39 is 0 Å². The molecule has 0 aromatic rings. The van der Waals surface area contributed by atoms with Crippen molar-refractivity contribution in [1.82, 2.24) is 4.90 Å². The molecule has 0 saturated heterocycles. The molecule has 0 spiro atoms. The minimum atomic E-state index is 0.153. The van der Waals surface area contributed by atoms with Crippen molar-refractivity contribution in [3.05, 3.63) is 0 Å². The molecule has 2 heteroatoms. The monoisotopic (exact) mass is 196 g/mol. The fourth-order valence-corrected chi connectivity index (χ4v) is 1.23. The lowest BCUT2D eigenvalue weighted by atomic mass is 9.87. The molecule has 2 N–H and O–H groups in total. The number of nitrogens with zero attached hydrogens (tertiary/aromatic N) is 1. The maximum Gasteiger partial charge on any atom is 0.0599 e. The topological polar surface area (TPSA) is 29.3 Å². The van der Waals surface area contributed by atoms with Crippen molar-refractivity contribution in [3.8, 4) is 12.3 Å². The normalized spacial score (nSPS) is 14.1. The van der Waals surface area contributed by atoms with Gasteiger partial charge in [0.2, 0.25) is 0 Å². The molecular weight excluding hydrogens is 172 g/mol. The summed E-state index contributed by atoms with van der Waals surface area (Å²) in [7, 11) is 0. The summed E-state index contributed by atoms with van der Waals surface area (Å²) in [6.45, 7) is 11.3. The Balaban J connectivity index is 4.09. The first-order valence-corrected chi connectivity index (χ1v) is 5.33. The number of nitrogens with two attached hydrogens (primary N) is 1. The average molecular weight is 196 g/mol. The van der Waals surface area contributed by atoms with Crippen LogP contribution in [0.2, 0.25) is 0 Å². The summed E-state index contributed by atoms with van der Waals surface area (Å²) in [6, 6.07) is 0.183. The first-order chi connectivity index (χ1) is 6.41. The van der Waals surface area contributed by atoms with Gasteiger partial charge in [-0.3, -0.25) is 4.90 Å². The highest BCUT2D eigenvalue weighted by Gasteiger charge is 2.22. The van der Waals surface area contributed by atoms with E-state index in [9.17, 15) is 0 Å². The Kier molecular flexibility index (Phi) is 5.83. The fraction of sp³-hybridized carbons (Fsp3) is 0.833. The van der Waals surface area contributed by atoms with Crippen molar-refractivity contribution in [3.63, 3.8) is 0 Å². The summed E-state index contributed by atoms with van der Waals surface area (Å²) in [4.78, 5) is 2.25. The smallest absolute Gasteiger partial charge is 0.0599 e. The van der Waals surface area contributed by atoms with E-state index in [0.29, 0.717) is 6.54 Å². The Morgan fingerprint density at radius 1 is 1.43 bits per heavy atom. The molecule has 0 fully saturated rings. The molecule has 2 nitrogen and oxygen atoms in total. The Labute approximate surface area is 88.9 Å². The van der Waals surface area contributed by atoms with Gasteiger partial charge in [0.05, 0.1) is 6.54 Å². The van der Waals surface area contributed by atoms with Crippen LogP contribution in [0.1, 0.15) is 34.1 Å². The van der Waals surface area contributed by atoms with Crippen LogP contribution in [0, 0.1) is 17.8 Å². The quantitative estimate of drug-likeness (QED) is 0.678. The lowest BCUT2D eigenvalue weighted by Gasteiger charge is -2.31. The maximum absolute atomic E-state index is 6.10. The average Bonchev–Trinajstić information content (AvgIpc) is 2.03. The van der Waals surface area contributed by atoms with Crippen molar-refractivity contribution >= 4 is 0 Å². The fourth-order valence-electron chi connectivity index (χ4n) is 1.23. The van der Waals surface area contributed by atoms with Crippen LogP contribution in [0.25, 0.3) is 0 Å². The van der Waals surface area contributed by atoms with Crippen LogP contribution in [0.15, 0.2) is 0 Å². The van der Waals surface area contributed by atoms with Crippen molar-refractivity contribution in [2.24, 2.45) is 11.1 Å². The third-order valence-electron chi connectivity index (χ3n) is 2.42. The third-order valence-corrected chi connectivity index (χ3v) is 2.42. The van der Waals surface area contributed by atoms with Crippen LogP contribution in [0.3, 0.4) is 0 Å². The van der Waals surface area contributed by atoms with Gasteiger partial charge < -0.3 is 5.73 Å². The zero-order valence-corrected chi connectivity index (χ0v) is 10.0. The van der Waals surface area contributed by atoms with Crippen LogP contribution >= 0.6 is 0 Å². The molecule has 0 heterocycles. The highest BCUT2D eigenvalue weighted by Crippen LogP contribution is 2.17. The molecular formula is C12H24N2. The van der Waals surface area contributed by atoms with Crippen molar-refractivity contribution in [1.29, 1.82) is 0 Å². The molecule has 82 valence electrons. The van der Waals surface area contributed by atoms with E-state index in [1.165, 1.54) is 0 Å². The van der Waals surface area contributed by atoms with E-state index >= 15 is 0 Å². The molecule has 0 aromatic carbocycles. The Bertz CT molecular complexity index is 185. The van der Waals surface area contributed by atoms with Gasteiger partial charge in [0.1, 0.15) is 0 Å². The molecule has 0 aromatic heterocycles. The first-order valence-electron chi connectivity index (χ1n) is 5.33. The molecule has 0 radical (unpaired) electrons. The van der Waals surface area contributed by atoms with Gasteiger partial charge in [-0.1, -0.05) is 33.6 Å². The van der Waals surface area contributed by atoms with Crippen LogP contribution in [-0.2, 0) is 0 Å². The van der Waals surface area contributed by atoms with Crippen molar-refractivity contribution in [2.45, 2.75) is 40.2 Å². The highest BCUT2D eigenvalue weighted by atomic mass is 15.1. The molecule has 0 amide bonds. The van der Waals surface area contributed by atoms with Gasteiger partial charge in [-0.2, -0.15) is 0 Å². The summed E-state index contributed by atoms with van der Waals surface area (Å²) >= 11 is 0. The van der Waals surface area contributed by atoms with E-state index in [0.717, 1.165) is 19.5 Å². The van der Waals surface area contributed by atoms with E-state index in [1.54, 1.807) is 0 Å². The van der Waals surface area contributed by atoms with Gasteiger partial charge in [0.15, 0.2) is 0 Å². The predicted octanol–water partition coefficient (Wildman–Crippen LogP) is 1.70. The third kappa shape index (κ3) is 5.26. The first kappa shape index (κ1) is 13.5. The second-order valence-electron chi connectivity index (χ2n) is 4.91. The zero-order valence-electron chi connectivity index (χ0n) is 10.0. The predicted molar refractivity (Wildman–Crippen MR) is 63.0 cm³/mol. The van der Waals surface area contributed by atoms with Crippen LogP contribution in [-0.4, -0.2) is 30.6 Å². The van der Waals surface area contributed by atoms with Crippen LogP contribution in [0.5, 0.6) is 0 Å². The van der Waals surface area contributed by atoms with Crippen molar-refractivity contribution < 1.29 is 0 Å². The lowest BCUT2D eigenvalue weighted by molar-refractivity contribution is 0.215. The maximum atomic E-state index is 6.10. The summed E-state index contributed by atoms with van der Waals surface area (Å²) in [5.41, 5.74) is 6.26. The Morgan fingerprint density at radius 2 is 2.00 bits per heavy atom. The molecule has 0 aliphatic carbocycles. The van der Waals surface area contributed by atoms with E-state index in [-0.39, 0.29) is 11.5 Å². The number of rotatable bonds is 5. The standard InChI is InChI=1S/C12H24N2/c1-6-8-14(9-7-2)10-11(13)12(3,4)5/h1,11H,7-10,13H2,2-5H3. The zero-order chi connectivity index (χ0) is 11.2. The van der Waals surface area contributed by atoms with Gasteiger partial charge >= 0.3 is 0 Å². The number of terminal acetylenes is 1. The van der Waals surface area contributed by atoms with Crippen molar-refractivity contribution in [2.75, 3.05) is 19.6 Å².